The van der Waals surface area contributed by atoms with E-state index in [0.29, 0.717) is 28.5 Å². The molecule has 1 N–H and O–H groups in total. The highest BCUT2D eigenvalue weighted by atomic mass is 79.9. The van der Waals surface area contributed by atoms with Gasteiger partial charge in [-0.15, -0.1) is 12.4 Å². The van der Waals surface area contributed by atoms with Crippen molar-refractivity contribution in [3.63, 3.8) is 0 Å². The predicted octanol–water partition coefficient (Wildman–Crippen LogP) is 2.76. The summed E-state index contributed by atoms with van der Waals surface area (Å²) in [5.41, 5.74) is 0. The molecule has 0 bridgehead atoms. The molecule has 22 heavy (non-hydrogen) atoms. The van der Waals surface area contributed by atoms with E-state index in [2.05, 4.69) is 21.2 Å². The lowest BCUT2D eigenvalue weighted by molar-refractivity contribution is 0.394. The number of halogens is 3. The molecule has 1 saturated heterocycles. The summed E-state index contributed by atoms with van der Waals surface area (Å²) in [6, 6.07) is 3.05. The number of nitrogens with one attached hydrogen (secondary N) is 1. The van der Waals surface area contributed by atoms with Crippen molar-refractivity contribution in [2.45, 2.75) is 11.3 Å². The summed E-state index contributed by atoms with van der Waals surface area (Å²) < 4.78 is 32.9. The molecular weight excluding hydrogens is 415 g/mol. The summed E-state index contributed by atoms with van der Waals surface area (Å²) in [5, 5.41) is 3.44. The Morgan fingerprint density at radius 3 is 2.77 bits per heavy atom. The van der Waals surface area contributed by atoms with Crippen LogP contribution in [0.2, 0.25) is 5.02 Å². The Balaban J connectivity index is 0.00000242. The average molecular weight is 434 g/mol. The molecule has 1 aromatic carbocycles. The summed E-state index contributed by atoms with van der Waals surface area (Å²) in [5.74, 6) is 0.620. The van der Waals surface area contributed by atoms with E-state index in [4.69, 9.17) is 16.3 Å². The highest BCUT2D eigenvalue weighted by Crippen LogP contribution is 2.37. The topological polar surface area (TPSA) is 58.6 Å². The van der Waals surface area contributed by atoms with Crippen molar-refractivity contribution in [1.82, 2.24) is 9.62 Å². The Morgan fingerprint density at radius 2 is 2.18 bits per heavy atom. The van der Waals surface area contributed by atoms with Crippen LogP contribution in [-0.2, 0) is 10.0 Å². The van der Waals surface area contributed by atoms with Crippen LogP contribution in [0.1, 0.15) is 6.42 Å². The number of benzene rings is 1. The van der Waals surface area contributed by atoms with Crippen LogP contribution in [0.15, 0.2) is 21.5 Å². The Bertz CT molecular complexity index is 628. The van der Waals surface area contributed by atoms with Crippen molar-refractivity contribution < 1.29 is 13.2 Å². The van der Waals surface area contributed by atoms with E-state index in [1.807, 2.05) is 7.05 Å². The molecule has 1 unspecified atom stereocenters. The highest BCUT2D eigenvalue weighted by molar-refractivity contribution is 9.10. The first-order chi connectivity index (χ1) is 9.90. The van der Waals surface area contributed by atoms with Gasteiger partial charge in [-0.2, -0.15) is 4.31 Å². The second-order valence-electron chi connectivity index (χ2n) is 4.99. The smallest absolute Gasteiger partial charge is 0.246 e. The first-order valence-corrected chi connectivity index (χ1v) is 9.19. The van der Waals surface area contributed by atoms with Crippen LogP contribution in [0.4, 0.5) is 0 Å². The normalized spacial score (nSPS) is 19.0. The highest BCUT2D eigenvalue weighted by Gasteiger charge is 2.34. The molecule has 0 spiro atoms. The average Bonchev–Trinajstić information content (AvgIpc) is 2.87. The largest absolute Gasteiger partial charge is 0.494 e. The maximum Gasteiger partial charge on any atom is 0.246 e. The second-order valence-corrected chi connectivity index (χ2v) is 8.19. The quantitative estimate of drug-likeness (QED) is 0.775. The van der Waals surface area contributed by atoms with Gasteiger partial charge < -0.3 is 10.1 Å². The van der Waals surface area contributed by atoms with Crippen LogP contribution in [0.3, 0.4) is 0 Å². The lowest BCUT2D eigenvalue weighted by Crippen LogP contribution is -2.30. The molecule has 1 atom stereocenters. The predicted molar refractivity (Wildman–Crippen MR) is 93.7 cm³/mol. The monoisotopic (exact) mass is 432 g/mol. The zero-order valence-corrected chi connectivity index (χ0v) is 16.3. The third-order valence-electron chi connectivity index (χ3n) is 3.54. The van der Waals surface area contributed by atoms with E-state index < -0.39 is 10.0 Å². The van der Waals surface area contributed by atoms with Crippen LogP contribution < -0.4 is 10.1 Å². The standard InChI is InChI=1S/C13H18BrClN2O3S.ClH/c1-16-7-9-3-4-17(8-9)21(18,19)12-6-10(15)5-11(14)13(12)20-2;/h5-6,9,16H,3-4,7-8H2,1-2H3;1H. The number of nitrogens with zero attached hydrogens (tertiary/aromatic N) is 1. The van der Waals surface area contributed by atoms with Gasteiger partial charge in [0.05, 0.1) is 11.6 Å². The Kier molecular flexibility index (Phi) is 7.42. The minimum absolute atomic E-state index is 0. The lowest BCUT2D eigenvalue weighted by atomic mass is 10.1. The molecule has 5 nitrogen and oxygen atoms in total. The van der Waals surface area contributed by atoms with Gasteiger partial charge in [-0.25, -0.2) is 8.42 Å². The summed E-state index contributed by atoms with van der Waals surface area (Å²) in [6.07, 6.45) is 0.851. The fourth-order valence-corrected chi connectivity index (χ4v) is 5.44. The number of ether oxygens (including phenoxy) is 1. The van der Waals surface area contributed by atoms with Gasteiger partial charge in [-0.1, -0.05) is 11.6 Å². The van der Waals surface area contributed by atoms with Gasteiger partial charge in [-0.3, -0.25) is 0 Å². The molecule has 1 heterocycles. The molecule has 1 fully saturated rings. The maximum absolute atomic E-state index is 12.8. The summed E-state index contributed by atoms with van der Waals surface area (Å²) in [7, 11) is -0.297. The third-order valence-corrected chi connectivity index (χ3v) is 6.22. The third kappa shape index (κ3) is 4.07. The van der Waals surface area contributed by atoms with Crippen molar-refractivity contribution >= 4 is 50.0 Å². The van der Waals surface area contributed by atoms with Crippen LogP contribution in [-0.4, -0.2) is 46.5 Å². The van der Waals surface area contributed by atoms with Crippen molar-refractivity contribution in [2.24, 2.45) is 5.92 Å². The van der Waals surface area contributed by atoms with Gasteiger partial charge in [0, 0.05) is 18.1 Å². The lowest BCUT2D eigenvalue weighted by Gasteiger charge is -2.19. The molecular formula is C13H19BrCl2N2O3S. The van der Waals surface area contributed by atoms with E-state index in [0.717, 1.165) is 13.0 Å². The van der Waals surface area contributed by atoms with Crippen LogP contribution in [0, 0.1) is 5.92 Å². The first kappa shape index (κ1) is 20.0. The van der Waals surface area contributed by atoms with Crippen molar-refractivity contribution in [1.29, 1.82) is 0 Å². The van der Waals surface area contributed by atoms with Gasteiger partial charge in [0.1, 0.15) is 4.90 Å². The number of rotatable bonds is 5. The molecule has 2 rings (SSSR count). The minimum Gasteiger partial charge on any atom is -0.494 e. The number of hydrogen-bond donors (Lipinski definition) is 1. The van der Waals surface area contributed by atoms with Crippen LogP contribution in [0.5, 0.6) is 5.75 Å². The Hall–Kier alpha value is -0.0500. The summed E-state index contributed by atoms with van der Waals surface area (Å²) >= 11 is 9.29. The van der Waals surface area contributed by atoms with Gasteiger partial charge in [0.25, 0.3) is 0 Å². The number of hydrogen-bond acceptors (Lipinski definition) is 4. The molecule has 1 aliphatic rings. The molecule has 0 aromatic heterocycles. The molecule has 1 aliphatic heterocycles. The fourth-order valence-electron chi connectivity index (χ4n) is 2.54. The maximum atomic E-state index is 12.8. The van der Waals surface area contributed by atoms with Gasteiger partial charge in [0.2, 0.25) is 10.0 Å². The summed E-state index contributed by atoms with van der Waals surface area (Å²) in [6.45, 7) is 1.83. The zero-order valence-electron chi connectivity index (χ0n) is 12.3. The molecule has 0 saturated carbocycles. The summed E-state index contributed by atoms with van der Waals surface area (Å²) in [4.78, 5) is 0.106. The Morgan fingerprint density at radius 1 is 1.50 bits per heavy atom. The molecule has 9 heteroatoms. The Labute approximate surface area is 150 Å². The molecule has 1 aromatic rings. The van der Waals surface area contributed by atoms with E-state index in [1.165, 1.54) is 17.5 Å². The van der Waals surface area contributed by atoms with Gasteiger partial charge >= 0.3 is 0 Å². The first-order valence-electron chi connectivity index (χ1n) is 6.58. The molecule has 126 valence electrons. The van der Waals surface area contributed by atoms with Gasteiger partial charge in [0.15, 0.2) is 5.75 Å². The van der Waals surface area contributed by atoms with E-state index in [-0.39, 0.29) is 23.1 Å². The van der Waals surface area contributed by atoms with Crippen LogP contribution in [0.25, 0.3) is 0 Å². The minimum atomic E-state index is -3.61. The van der Waals surface area contributed by atoms with E-state index >= 15 is 0 Å². The number of methoxy groups -OCH3 is 1. The number of sulfonamides is 1. The van der Waals surface area contributed by atoms with Gasteiger partial charge in [-0.05, 0) is 54.0 Å². The molecule has 0 aliphatic carbocycles. The second kappa shape index (κ2) is 8.17. The zero-order chi connectivity index (χ0) is 15.6. The van der Waals surface area contributed by atoms with E-state index in [1.54, 1.807) is 6.07 Å². The van der Waals surface area contributed by atoms with Crippen molar-refractivity contribution in [3.8, 4) is 5.75 Å². The molecule has 0 radical (unpaired) electrons. The van der Waals surface area contributed by atoms with Crippen molar-refractivity contribution in [3.05, 3.63) is 21.6 Å². The van der Waals surface area contributed by atoms with Crippen molar-refractivity contribution in [2.75, 3.05) is 33.8 Å². The SMILES string of the molecule is CNCC1CCN(S(=O)(=O)c2cc(Cl)cc(Br)c2OC)C1.Cl. The van der Waals surface area contributed by atoms with Crippen LogP contribution >= 0.6 is 39.9 Å². The fraction of sp³-hybridized carbons (Fsp3) is 0.538. The molecule has 0 amide bonds. The van der Waals surface area contributed by atoms with E-state index in [9.17, 15) is 8.42 Å².